The summed E-state index contributed by atoms with van der Waals surface area (Å²) in [7, 11) is 0. The molecule has 37 heavy (non-hydrogen) atoms. The summed E-state index contributed by atoms with van der Waals surface area (Å²) < 4.78 is 0. The number of hydrogen-bond acceptors (Lipinski definition) is 4. The predicted octanol–water partition coefficient (Wildman–Crippen LogP) is 3.77. The number of rotatable bonds is 6. The Balaban J connectivity index is 1.34. The molecule has 7 rings (SSSR count). The maximum atomic E-state index is 14.2. The van der Waals surface area contributed by atoms with Crippen LogP contribution in [0.2, 0.25) is 0 Å². The third kappa shape index (κ3) is 4.48. The maximum absolute atomic E-state index is 14.2. The fourth-order valence-electron chi connectivity index (χ4n) is 7.83. The third-order valence-electron chi connectivity index (χ3n) is 8.78. The molecule has 1 aliphatic heterocycles. The maximum Gasteiger partial charge on any atom is 0.320 e. The largest absolute Gasteiger partial charge is 0.395 e. The van der Waals surface area contributed by atoms with E-state index in [4.69, 9.17) is 0 Å². The molecule has 4 aliphatic carbocycles. The van der Waals surface area contributed by atoms with E-state index in [1.165, 1.54) is 24.2 Å². The minimum absolute atomic E-state index is 0.0345. The molecular formula is C29H34N4O4. The molecule has 0 radical (unpaired) electrons. The molecular weight excluding hydrogens is 468 g/mol. The molecule has 5 aliphatic rings. The number of hydrogen-bond donors (Lipinski definition) is 3. The van der Waals surface area contributed by atoms with E-state index in [9.17, 15) is 19.5 Å². The molecule has 4 amide bonds. The lowest BCUT2D eigenvalue weighted by molar-refractivity contribution is -0.129. The van der Waals surface area contributed by atoms with Crippen LogP contribution in [-0.4, -0.2) is 48.7 Å². The lowest BCUT2D eigenvalue weighted by Crippen LogP contribution is -2.59. The highest BCUT2D eigenvalue weighted by Crippen LogP contribution is 2.60. The van der Waals surface area contributed by atoms with Crippen molar-refractivity contribution in [2.75, 3.05) is 34.8 Å². The standard InChI is InChI=1S/C29H34N4O4/c34-11-10-32-23-8-4-5-9-24(23)33(18-29-15-19-12-20(16-29)14-21(13-19)17-29)27(36)25(26(32)35)31-28(37)30-22-6-2-1-3-7-22/h1-9,19-21,25,34H,10-18H2,(H2,30,31,37)/t19?,20?,21?,25-,29?/m0/s1. The Hall–Kier alpha value is -3.39. The lowest BCUT2D eigenvalue weighted by atomic mass is 9.49. The highest BCUT2D eigenvalue weighted by molar-refractivity contribution is 6.21. The van der Waals surface area contributed by atoms with Gasteiger partial charge in [-0.3, -0.25) is 9.59 Å². The summed E-state index contributed by atoms with van der Waals surface area (Å²) >= 11 is 0. The van der Waals surface area contributed by atoms with Gasteiger partial charge in [-0.15, -0.1) is 0 Å². The molecule has 4 bridgehead atoms. The average Bonchev–Trinajstić information content (AvgIpc) is 2.94. The predicted molar refractivity (Wildman–Crippen MR) is 141 cm³/mol. The van der Waals surface area contributed by atoms with Crippen LogP contribution in [0.3, 0.4) is 0 Å². The summed E-state index contributed by atoms with van der Waals surface area (Å²) in [5, 5.41) is 15.1. The highest BCUT2D eigenvalue weighted by atomic mass is 16.3. The van der Waals surface area contributed by atoms with Crippen molar-refractivity contribution in [1.82, 2.24) is 5.32 Å². The Morgan fingerprint density at radius 2 is 1.38 bits per heavy atom. The first-order valence-electron chi connectivity index (χ1n) is 13.4. The van der Waals surface area contributed by atoms with Crippen molar-refractivity contribution in [2.45, 2.75) is 44.6 Å². The zero-order chi connectivity index (χ0) is 25.6. The Kier molecular flexibility index (Phi) is 6.15. The average molecular weight is 503 g/mol. The van der Waals surface area contributed by atoms with Crippen LogP contribution < -0.4 is 20.4 Å². The third-order valence-corrected chi connectivity index (χ3v) is 8.78. The second-order valence-electron chi connectivity index (χ2n) is 11.4. The molecule has 2 aromatic carbocycles. The molecule has 3 N–H and O–H groups in total. The van der Waals surface area contributed by atoms with Crippen LogP contribution >= 0.6 is 0 Å². The highest BCUT2D eigenvalue weighted by Gasteiger charge is 2.53. The first-order chi connectivity index (χ1) is 17.9. The fraction of sp³-hybridized carbons (Fsp3) is 0.483. The SMILES string of the molecule is O=C(Nc1ccccc1)N[C@H]1C(=O)N(CCO)c2ccccc2N(CC23CC4CC(CC(C4)C2)C3)C1=O. The Morgan fingerprint density at radius 1 is 0.838 bits per heavy atom. The van der Waals surface area contributed by atoms with Crippen LogP contribution in [0, 0.1) is 23.2 Å². The molecule has 4 fully saturated rings. The molecule has 0 aromatic heterocycles. The minimum Gasteiger partial charge on any atom is -0.395 e. The van der Waals surface area contributed by atoms with Gasteiger partial charge in [0.05, 0.1) is 18.0 Å². The van der Waals surface area contributed by atoms with Crippen molar-refractivity contribution < 1.29 is 19.5 Å². The van der Waals surface area contributed by atoms with E-state index in [0.29, 0.717) is 23.6 Å². The van der Waals surface area contributed by atoms with E-state index in [-0.39, 0.29) is 18.6 Å². The van der Waals surface area contributed by atoms with Crippen molar-refractivity contribution in [2.24, 2.45) is 23.2 Å². The Morgan fingerprint density at radius 3 is 1.97 bits per heavy atom. The normalized spacial score (nSPS) is 30.2. The van der Waals surface area contributed by atoms with E-state index in [2.05, 4.69) is 10.6 Å². The zero-order valence-corrected chi connectivity index (χ0v) is 20.9. The summed E-state index contributed by atoms with van der Waals surface area (Å²) in [6.45, 7) is 0.323. The van der Waals surface area contributed by atoms with Gasteiger partial charge < -0.3 is 25.5 Å². The number of urea groups is 1. The van der Waals surface area contributed by atoms with Gasteiger partial charge in [0, 0.05) is 18.8 Å². The van der Waals surface area contributed by atoms with Crippen LogP contribution in [-0.2, 0) is 9.59 Å². The smallest absolute Gasteiger partial charge is 0.320 e. The summed E-state index contributed by atoms with van der Waals surface area (Å²) in [6.07, 6.45) is 7.26. The number of para-hydroxylation sites is 3. The quantitative estimate of drug-likeness (QED) is 0.524. The molecule has 8 heteroatoms. The molecule has 1 heterocycles. The molecule has 4 saturated carbocycles. The van der Waals surface area contributed by atoms with Gasteiger partial charge in [-0.2, -0.15) is 0 Å². The van der Waals surface area contributed by atoms with Gasteiger partial charge in [-0.1, -0.05) is 30.3 Å². The molecule has 8 nitrogen and oxygen atoms in total. The van der Waals surface area contributed by atoms with Gasteiger partial charge in [0.15, 0.2) is 6.04 Å². The Bertz CT molecular complexity index is 1160. The van der Waals surface area contributed by atoms with Gasteiger partial charge >= 0.3 is 6.03 Å². The van der Waals surface area contributed by atoms with E-state index < -0.39 is 23.9 Å². The van der Waals surface area contributed by atoms with Gasteiger partial charge in [-0.25, -0.2) is 4.79 Å². The number of anilines is 3. The van der Waals surface area contributed by atoms with Crippen molar-refractivity contribution in [3.63, 3.8) is 0 Å². The molecule has 1 atom stereocenters. The van der Waals surface area contributed by atoms with Crippen molar-refractivity contribution in [3.8, 4) is 0 Å². The van der Waals surface area contributed by atoms with Gasteiger partial charge in [0.2, 0.25) is 0 Å². The molecule has 0 saturated heterocycles. The monoisotopic (exact) mass is 502 g/mol. The summed E-state index contributed by atoms with van der Waals surface area (Å²) in [5.41, 5.74) is 1.86. The summed E-state index contributed by atoms with van der Waals surface area (Å²) in [5.74, 6) is 1.21. The van der Waals surface area contributed by atoms with Crippen LogP contribution in [0.25, 0.3) is 0 Å². The van der Waals surface area contributed by atoms with Crippen LogP contribution in [0.15, 0.2) is 54.6 Å². The van der Waals surface area contributed by atoms with E-state index in [1.807, 2.05) is 30.3 Å². The van der Waals surface area contributed by atoms with E-state index in [1.54, 1.807) is 29.2 Å². The number of nitrogens with zero attached hydrogens (tertiary/aromatic N) is 2. The summed E-state index contributed by atoms with van der Waals surface area (Å²) in [6, 6.07) is 14.3. The molecule has 194 valence electrons. The van der Waals surface area contributed by atoms with Crippen molar-refractivity contribution in [3.05, 3.63) is 54.6 Å². The summed E-state index contributed by atoms with van der Waals surface area (Å²) in [4.78, 5) is 44.0. The Labute approximate surface area is 217 Å². The van der Waals surface area contributed by atoms with E-state index in [0.717, 1.165) is 37.0 Å². The number of aliphatic hydroxyl groups is 1. The number of nitrogens with one attached hydrogen (secondary N) is 2. The number of benzene rings is 2. The second-order valence-corrected chi connectivity index (χ2v) is 11.4. The molecule has 0 unspecified atom stereocenters. The second kappa shape index (κ2) is 9.49. The van der Waals surface area contributed by atoms with Crippen LogP contribution in [0.4, 0.5) is 21.9 Å². The van der Waals surface area contributed by atoms with Crippen molar-refractivity contribution >= 4 is 34.9 Å². The fourth-order valence-corrected chi connectivity index (χ4v) is 7.83. The van der Waals surface area contributed by atoms with Gasteiger partial charge in [-0.05, 0) is 86.0 Å². The first kappa shape index (κ1) is 24.0. The number of fused-ring (bicyclic) bond motifs is 1. The number of carbonyl (C=O) groups is 3. The van der Waals surface area contributed by atoms with Gasteiger partial charge in [0.25, 0.3) is 11.8 Å². The topological polar surface area (TPSA) is 102 Å². The number of β-amino-alcohol motifs (C(OH)–C–C–N with tert-alkyl or cyclic N) is 1. The number of amides is 4. The van der Waals surface area contributed by atoms with Crippen LogP contribution in [0.1, 0.15) is 38.5 Å². The molecule has 0 spiro atoms. The van der Waals surface area contributed by atoms with Gasteiger partial charge in [0.1, 0.15) is 0 Å². The number of carbonyl (C=O) groups excluding carboxylic acids is 3. The lowest BCUT2D eigenvalue weighted by Gasteiger charge is -2.57. The van der Waals surface area contributed by atoms with Crippen LogP contribution in [0.5, 0.6) is 0 Å². The molecule has 2 aromatic rings. The van der Waals surface area contributed by atoms with Crippen molar-refractivity contribution in [1.29, 1.82) is 0 Å². The minimum atomic E-state index is -1.39. The first-order valence-corrected chi connectivity index (χ1v) is 13.4. The van der Waals surface area contributed by atoms with E-state index >= 15 is 0 Å². The zero-order valence-electron chi connectivity index (χ0n) is 20.9. The number of aliphatic hydroxyl groups excluding tert-OH is 1.